The lowest BCUT2D eigenvalue weighted by Crippen LogP contribution is -2.36. The minimum Gasteiger partial charge on any atom is -0.345 e. The van der Waals surface area contributed by atoms with Gasteiger partial charge in [0.25, 0.3) is 0 Å². The average Bonchev–Trinajstić information content (AvgIpc) is 3.36. The number of hydrogen-bond donors (Lipinski definition) is 1. The lowest BCUT2D eigenvalue weighted by molar-refractivity contribution is -0.132. The molecule has 29 heavy (non-hydrogen) atoms. The highest BCUT2D eigenvalue weighted by Crippen LogP contribution is 2.36. The number of amides is 1. The third-order valence-corrected chi connectivity index (χ3v) is 6.25. The van der Waals surface area contributed by atoms with E-state index in [-0.39, 0.29) is 5.92 Å². The Balaban J connectivity index is 1.32. The van der Waals surface area contributed by atoms with Crippen molar-refractivity contribution in [3.8, 4) is 0 Å². The zero-order valence-corrected chi connectivity index (χ0v) is 16.2. The van der Waals surface area contributed by atoms with Crippen LogP contribution < -0.4 is 0 Å². The van der Waals surface area contributed by atoms with Gasteiger partial charge in [0.15, 0.2) is 0 Å². The van der Waals surface area contributed by atoms with Crippen LogP contribution in [0.3, 0.4) is 0 Å². The van der Waals surface area contributed by atoms with Crippen LogP contribution in [0.4, 0.5) is 0 Å². The zero-order valence-electron chi connectivity index (χ0n) is 16.2. The Hall–Kier alpha value is -3.21. The second-order valence-corrected chi connectivity index (χ2v) is 8.23. The molecule has 144 valence electrons. The predicted octanol–water partition coefficient (Wildman–Crippen LogP) is 3.97. The summed E-state index contributed by atoms with van der Waals surface area (Å²) >= 11 is 0. The minimum absolute atomic E-state index is 0.277. The van der Waals surface area contributed by atoms with E-state index in [0.29, 0.717) is 12.5 Å². The van der Waals surface area contributed by atoms with E-state index in [9.17, 15) is 4.79 Å². The van der Waals surface area contributed by atoms with Gasteiger partial charge in [-0.05, 0) is 59.7 Å². The summed E-state index contributed by atoms with van der Waals surface area (Å²) in [7, 11) is 0. The summed E-state index contributed by atoms with van der Waals surface area (Å²) in [6, 6.07) is 8.61. The number of aromatic nitrogens is 3. The Kier molecular flexibility index (Phi) is 3.69. The first-order valence-electron chi connectivity index (χ1n) is 10.4. The molecule has 0 bridgehead atoms. The van der Waals surface area contributed by atoms with Crippen LogP contribution in [-0.4, -0.2) is 38.8 Å². The van der Waals surface area contributed by atoms with Crippen LogP contribution in [-0.2, 0) is 11.2 Å². The molecule has 1 N–H and O–H groups in total. The molecule has 2 aliphatic carbocycles. The second kappa shape index (κ2) is 6.41. The van der Waals surface area contributed by atoms with Gasteiger partial charge in [-0.3, -0.25) is 9.78 Å². The third-order valence-electron chi connectivity index (χ3n) is 6.25. The molecular weight excluding hydrogens is 360 g/mol. The fraction of sp³-hybridized carbons (Fsp3) is 0.292. The number of fused-ring (bicyclic) bond motifs is 2. The number of carbonyl (C=O) groups is 1. The molecule has 5 nitrogen and oxygen atoms in total. The number of aromatic amines is 1. The molecule has 1 fully saturated rings. The minimum atomic E-state index is 0.277. The highest BCUT2D eigenvalue weighted by atomic mass is 16.2. The number of benzene rings is 1. The molecule has 1 aromatic carbocycles. The van der Waals surface area contributed by atoms with E-state index in [1.54, 1.807) is 6.33 Å². The van der Waals surface area contributed by atoms with Gasteiger partial charge in [-0.15, -0.1) is 0 Å². The first kappa shape index (κ1) is 16.7. The van der Waals surface area contributed by atoms with Crippen LogP contribution in [0.1, 0.15) is 41.6 Å². The van der Waals surface area contributed by atoms with Gasteiger partial charge in [-0.2, -0.15) is 0 Å². The summed E-state index contributed by atoms with van der Waals surface area (Å²) in [4.78, 5) is 26.8. The Morgan fingerprint density at radius 3 is 2.93 bits per heavy atom. The van der Waals surface area contributed by atoms with Crippen molar-refractivity contribution in [2.75, 3.05) is 13.1 Å². The molecule has 0 atom stereocenters. The van der Waals surface area contributed by atoms with Crippen molar-refractivity contribution < 1.29 is 4.79 Å². The predicted molar refractivity (Wildman–Crippen MR) is 113 cm³/mol. The topological polar surface area (TPSA) is 61.9 Å². The number of H-pyrrole nitrogens is 1. The van der Waals surface area contributed by atoms with Crippen molar-refractivity contribution in [3.05, 3.63) is 71.3 Å². The van der Waals surface area contributed by atoms with Crippen molar-refractivity contribution in [1.82, 2.24) is 19.9 Å². The molecule has 6 rings (SSSR count). The molecule has 3 aliphatic rings. The fourth-order valence-electron chi connectivity index (χ4n) is 4.48. The fourth-order valence-corrected chi connectivity index (χ4v) is 4.48. The molecule has 1 aliphatic heterocycles. The summed E-state index contributed by atoms with van der Waals surface area (Å²) in [5, 5.41) is 0. The van der Waals surface area contributed by atoms with Gasteiger partial charge in [-0.1, -0.05) is 18.2 Å². The number of rotatable bonds is 3. The van der Waals surface area contributed by atoms with Gasteiger partial charge < -0.3 is 9.88 Å². The number of carbonyl (C=O) groups excluding carboxylic acids is 1. The quantitative estimate of drug-likeness (QED) is 0.746. The molecular formula is C24H22N4O. The van der Waals surface area contributed by atoms with Crippen molar-refractivity contribution >= 4 is 28.1 Å². The van der Waals surface area contributed by atoms with Crippen LogP contribution in [0.15, 0.2) is 48.9 Å². The molecule has 2 aromatic heterocycles. The first-order valence-corrected chi connectivity index (χ1v) is 10.4. The van der Waals surface area contributed by atoms with E-state index in [0.717, 1.165) is 54.5 Å². The maximum Gasteiger partial charge on any atom is 0.225 e. The molecule has 3 aromatic rings. The molecule has 5 heteroatoms. The third kappa shape index (κ3) is 2.89. The van der Waals surface area contributed by atoms with E-state index in [4.69, 9.17) is 4.98 Å². The SMILES string of the molecule is O=C(C1CC1)N1CCC=C(c2cnc3c(c2)C(c2ccc4nc[nH]c4c2)=CC3)C1. The molecule has 1 amide bonds. The van der Waals surface area contributed by atoms with Crippen LogP contribution in [0, 0.1) is 5.92 Å². The smallest absolute Gasteiger partial charge is 0.225 e. The van der Waals surface area contributed by atoms with Crippen molar-refractivity contribution in [3.63, 3.8) is 0 Å². The van der Waals surface area contributed by atoms with Crippen molar-refractivity contribution in [1.29, 1.82) is 0 Å². The van der Waals surface area contributed by atoms with Crippen molar-refractivity contribution in [2.24, 2.45) is 5.92 Å². The average molecular weight is 382 g/mol. The Morgan fingerprint density at radius 1 is 1.10 bits per heavy atom. The monoisotopic (exact) mass is 382 g/mol. The van der Waals surface area contributed by atoms with Gasteiger partial charge in [0.05, 0.1) is 23.1 Å². The van der Waals surface area contributed by atoms with E-state index >= 15 is 0 Å². The summed E-state index contributed by atoms with van der Waals surface area (Å²) < 4.78 is 0. The number of nitrogens with one attached hydrogen (secondary N) is 1. The maximum absolute atomic E-state index is 12.5. The highest BCUT2D eigenvalue weighted by molar-refractivity contribution is 5.90. The molecule has 1 saturated carbocycles. The lowest BCUT2D eigenvalue weighted by Gasteiger charge is -2.28. The van der Waals surface area contributed by atoms with Crippen molar-refractivity contribution in [2.45, 2.75) is 25.7 Å². The van der Waals surface area contributed by atoms with Crippen LogP contribution in [0.2, 0.25) is 0 Å². The summed E-state index contributed by atoms with van der Waals surface area (Å²) in [5.74, 6) is 0.609. The normalized spacial score (nSPS) is 18.6. The Bertz CT molecular complexity index is 1200. The van der Waals surface area contributed by atoms with Gasteiger partial charge in [0.1, 0.15) is 0 Å². The second-order valence-electron chi connectivity index (χ2n) is 8.23. The standard InChI is InChI=1S/C24H22N4O/c29-24(15-3-4-15)28-9-1-2-17(13-28)18-10-20-19(6-8-21(20)25-12-18)16-5-7-22-23(11-16)27-14-26-22/h2,5-7,10-12,14-15H,1,3-4,8-9,13H2,(H,26,27). The summed E-state index contributed by atoms with van der Waals surface area (Å²) in [6.45, 7) is 1.54. The largest absolute Gasteiger partial charge is 0.345 e. The summed E-state index contributed by atoms with van der Waals surface area (Å²) in [6.07, 6.45) is 12.1. The molecule has 0 saturated heterocycles. The number of nitrogens with zero attached hydrogens (tertiary/aromatic N) is 3. The van der Waals surface area contributed by atoms with E-state index in [1.165, 1.54) is 22.3 Å². The molecule has 0 radical (unpaired) electrons. The van der Waals surface area contributed by atoms with Crippen LogP contribution >= 0.6 is 0 Å². The molecule has 0 unspecified atom stereocenters. The zero-order chi connectivity index (χ0) is 19.4. The number of allylic oxidation sites excluding steroid dienone is 1. The van der Waals surface area contributed by atoms with Gasteiger partial charge in [-0.25, -0.2) is 4.98 Å². The Labute approximate surface area is 169 Å². The number of hydrogen-bond acceptors (Lipinski definition) is 3. The summed E-state index contributed by atoms with van der Waals surface area (Å²) in [5.41, 5.74) is 9.11. The Morgan fingerprint density at radius 2 is 2.03 bits per heavy atom. The van der Waals surface area contributed by atoms with Gasteiger partial charge >= 0.3 is 0 Å². The lowest BCUT2D eigenvalue weighted by atomic mass is 9.96. The highest BCUT2D eigenvalue weighted by Gasteiger charge is 2.34. The maximum atomic E-state index is 12.5. The van der Waals surface area contributed by atoms with E-state index < -0.39 is 0 Å². The first-order chi connectivity index (χ1) is 14.3. The van der Waals surface area contributed by atoms with Gasteiger partial charge in [0.2, 0.25) is 5.91 Å². The van der Waals surface area contributed by atoms with E-state index in [2.05, 4.69) is 46.4 Å². The van der Waals surface area contributed by atoms with E-state index in [1.807, 2.05) is 11.1 Å². The van der Waals surface area contributed by atoms with Crippen LogP contribution in [0.5, 0.6) is 0 Å². The van der Waals surface area contributed by atoms with Gasteiger partial charge in [0, 0.05) is 37.2 Å². The number of imidazole rings is 1. The van der Waals surface area contributed by atoms with Crippen LogP contribution in [0.25, 0.3) is 22.2 Å². The molecule has 0 spiro atoms. The molecule has 3 heterocycles. The number of pyridine rings is 1.